The lowest BCUT2D eigenvalue weighted by atomic mass is 10.1. The molecule has 2 saturated heterocycles. The van der Waals surface area contributed by atoms with E-state index in [0.29, 0.717) is 45.9 Å². The fraction of sp³-hybridized carbons (Fsp3) is 0.419. The summed E-state index contributed by atoms with van der Waals surface area (Å²) in [6.07, 6.45) is 0.763. The number of hydrogen-bond donors (Lipinski definition) is 0. The molecule has 2 fully saturated rings. The SMILES string of the molecule is COc1ccc(-c2ccc(N3CCCN(C(=O)CN(CCN4CCOCC4)C(=O)c4cccc(F)c4)CC3)nn2)cc1. The summed E-state index contributed by atoms with van der Waals surface area (Å²) in [6, 6.07) is 17.2. The normalized spacial score (nSPS) is 16.1. The number of amides is 2. The molecule has 0 saturated carbocycles. The Labute approximate surface area is 245 Å². The third kappa shape index (κ3) is 7.59. The molecular formula is C31H37FN6O4. The largest absolute Gasteiger partial charge is 0.497 e. The minimum Gasteiger partial charge on any atom is -0.497 e. The molecule has 3 heterocycles. The van der Waals surface area contributed by atoms with E-state index in [1.807, 2.05) is 36.4 Å². The molecule has 0 radical (unpaired) electrons. The second-order valence-corrected chi connectivity index (χ2v) is 10.4. The Balaban J connectivity index is 1.20. The maximum Gasteiger partial charge on any atom is 0.254 e. The van der Waals surface area contributed by atoms with E-state index < -0.39 is 5.82 Å². The van der Waals surface area contributed by atoms with Crippen molar-refractivity contribution < 1.29 is 23.5 Å². The second kappa shape index (κ2) is 14.2. The van der Waals surface area contributed by atoms with Gasteiger partial charge in [-0.2, -0.15) is 0 Å². The van der Waals surface area contributed by atoms with E-state index in [0.717, 1.165) is 48.9 Å². The topological polar surface area (TPSA) is 91.3 Å². The molecule has 2 aliphatic rings. The molecule has 222 valence electrons. The van der Waals surface area contributed by atoms with Crippen LogP contribution in [0.1, 0.15) is 16.8 Å². The van der Waals surface area contributed by atoms with Crippen LogP contribution in [0.2, 0.25) is 0 Å². The molecule has 0 N–H and O–H groups in total. The summed E-state index contributed by atoms with van der Waals surface area (Å²) in [6.45, 7) is 6.22. The number of hydrogen-bond acceptors (Lipinski definition) is 8. The van der Waals surface area contributed by atoms with Gasteiger partial charge in [-0.3, -0.25) is 14.5 Å². The number of morpholine rings is 1. The number of halogens is 1. The number of nitrogens with zero attached hydrogens (tertiary/aromatic N) is 6. The zero-order chi connectivity index (χ0) is 29.3. The lowest BCUT2D eigenvalue weighted by molar-refractivity contribution is -0.131. The Hall–Kier alpha value is -4.09. The van der Waals surface area contributed by atoms with Crippen molar-refractivity contribution in [3.8, 4) is 17.0 Å². The summed E-state index contributed by atoms with van der Waals surface area (Å²) < 4.78 is 24.5. The highest BCUT2D eigenvalue weighted by atomic mass is 19.1. The highest BCUT2D eigenvalue weighted by Gasteiger charge is 2.26. The lowest BCUT2D eigenvalue weighted by Gasteiger charge is -2.31. The highest BCUT2D eigenvalue weighted by molar-refractivity contribution is 5.96. The van der Waals surface area contributed by atoms with Gasteiger partial charge in [-0.1, -0.05) is 6.07 Å². The smallest absolute Gasteiger partial charge is 0.254 e. The quantitative estimate of drug-likeness (QED) is 0.384. The fourth-order valence-electron chi connectivity index (χ4n) is 5.21. The summed E-state index contributed by atoms with van der Waals surface area (Å²) in [5, 5.41) is 8.88. The van der Waals surface area contributed by atoms with E-state index in [1.165, 1.54) is 18.2 Å². The molecule has 3 aromatic rings. The van der Waals surface area contributed by atoms with Crippen LogP contribution in [0.15, 0.2) is 60.7 Å². The first-order chi connectivity index (χ1) is 20.5. The number of rotatable bonds is 9. The Morgan fingerprint density at radius 2 is 1.76 bits per heavy atom. The standard InChI is InChI=1S/C31H37FN6O4/c1-41-27-8-6-24(7-9-27)28-10-11-29(34-33-28)36-12-3-13-37(17-16-36)30(39)23-38(15-14-35-18-20-42-21-19-35)31(40)25-4-2-5-26(32)22-25/h2,4-11,22H,3,12-21,23H2,1H3. The van der Waals surface area contributed by atoms with Crippen LogP contribution in [0.3, 0.4) is 0 Å². The number of ether oxygens (including phenoxy) is 2. The van der Waals surface area contributed by atoms with E-state index in [1.54, 1.807) is 23.0 Å². The van der Waals surface area contributed by atoms with Crippen LogP contribution in [0.5, 0.6) is 5.75 Å². The van der Waals surface area contributed by atoms with Gasteiger partial charge in [-0.05, 0) is 61.0 Å². The molecule has 2 amide bonds. The lowest BCUT2D eigenvalue weighted by Crippen LogP contribution is -2.47. The molecule has 1 aromatic heterocycles. The van der Waals surface area contributed by atoms with E-state index in [-0.39, 0.29) is 23.9 Å². The number of carbonyl (C=O) groups is 2. The van der Waals surface area contributed by atoms with Crippen molar-refractivity contribution in [2.75, 3.05) is 84.1 Å². The van der Waals surface area contributed by atoms with Gasteiger partial charge < -0.3 is 24.2 Å². The van der Waals surface area contributed by atoms with Gasteiger partial charge in [0.05, 0.1) is 26.0 Å². The molecule has 0 aliphatic carbocycles. The third-order valence-electron chi connectivity index (χ3n) is 7.68. The van der Waals surface area contributed by atoms with Crippen LogP contribution in [-0.4, -0.2) is 116 Å². The van der Waals surface area contributed by atoms with Crippen molar-refractivity contribution in [2.24, 2.45) is 0 Å². The Morgan fingerprint density at radius 3 is 2.48 bits per heavy atom. The Bertz CT molecular complexity index is 1330. The molecule has 11 heteroatoms. The van der Waals surface area contributed by atoms with Gasteiger partial charge in [0.2, 0.25) is 5.91 Å². The first-order valence-electron chi connectivity index (χ1n) is 14.4. The summed E-state index contributed by atoms with van der Waals surface area (Å²) in [4.78, 5) is 34.5. The van der Waals surface area contributed by atoms with Crippen molar-refractivity contribution in [1.29, 1.82) is 0 Å². The zero-order valence-electron chi connectivity index (χ0n) is 24.0. The molecule has 10 nitrogen and oxygen atoms in total. The first kappa shape index (κ1) is 29.4. The maximum atomic E-state index is 13.9. The van der Waals surface area contributed by atoms with Crippen LogP contribution >= 0.6 is 0 Å². The van der Waals surface area contributed by atoms with Gasteiger partial charge in [0, 0.05) is 63.5 Å². The first-order valence-corrected chi connectivity index (χ1v) is 14.4. The van der Waals surface area contributed by atoms with Crippen LogP contribution in [-0.2, 0) is 9.53 Å². The van der Waals surface area contributed by atoms with E-state index in [2.05, 4.69) is 20.0 Å². The second-order valence-electron chi connectivity index (χ2n) is 10.4. The van der Waals surface area contributed by atoms with Crippen molar-refractivity contribution >= 4 is 17.6 Å². The highest BCUT2D eigenvalue weighted by Crippen LogP contribution is 2.22. The van der Waals surface area contributed by atoms with Crippen molar-refractivity contribution in [1.82, 2.24) is 24.9 Å². The number of benzene rings is 2. The van der Waals surface area contributed by atoms with Gasteiger partial charge in [-0.25, -0.2) is 4.39 Å². The van der Waals surface area contributed by atoms with Gasteiger partial charge >= 0.3 is 0 Å². The number of anilines is 1. The summed E-state index contributed by atoms with van der Waals surface area (Å²) >= 11 is 0. The molecule has 5 rings (SSSR count). The van der Waals surface area contributed by atoms with Crippen LogP contribution in [0.25, 0.3) is 11.3 Å². The Morgan fingerprint density at radius 1 is 0.952 bits per heavy atom. The van der Waals surface area contributed by atoms with E-state index >= 15 is 0 Å². The molecular weight excluding hydrogens is 539 g/mol. The predicted molar refractivity (Wildman–Crippen MR) is 157 cm³/mol. The van der Waals surface area contributed by atoms with Crippen LogP contribution in [0.4, 0.5) is 10.2 Å². The number of aromatic nitrogens is 2. The number of carbonyl (C=O) groups excluding carboxylic acids is 2. The summed E-state index contributed by atoms with van der Waals surface area (Å²) in [5.74, 6) is 0.595. The number of methoxy groups -OCH3 is 1. The van der Waals surface area contributed by atoms with Gasteiger partial charge in [-0.15, -0.1) is 10.2 Å². The van der Waals surface area contributed by atoms with Gasteiger partial charge in [0.15, 0.2) is 5.82 Å². The third-order valence-corrected chi connectivity index (χ3v) is 7.68. The Kier molecular flexibility index (Phi) is 9.94. The predicted octanol–water partition coefficient (Wildman–Crippen LogP) is 2.80. The zero-order valence-corrected chi connectivity index (χ0v) is 24.0. The van der Waals surface area contributed by atoms with E-state index in [9.17, 15) is 14.0 Å². The fourth-order valence-corrected chi connectivity index (χ4v) is 5.21. The summed E-state index contributed by atoms with van der Waals surface area (Å²) in [5.41, 5.74) is 1.96. The van der Waals surface area contributed by atoms with Crippen molar-refractivity contribution in [3.63, 3.8) is 0 Å². The summed E-state index contributed by atoms with van der Waals surface area (Å²) in [7, 11) is 1.63. The minimum atomic E-state index is -0.479. The monoisotopic (exact) mass is 576 g/mol. The molecule has 0 spiro atoms. The molecule has 2 aromatic carbocycles. The molecule has 2 aliphatic heterocycles. The average molecular weight is 577 g/mol. The molecule has 0 unspecified atom stereocenters. The van der Waals surface area contributed by atoms with Crippen molar-refractivity contribution in [3.05, 3.63) is 72.0 Å². The van der Waals surface area contributed by atoms with E-state index in [4.69, 9.17) is 9.47 Å². The van der Waals surface area contributed by atoms with Gasteiger partial charge in [0.25, 0.3) is 5.91 Å². The maximum absolute atomic E-state index is 13.9. The van der Waals surface area contributed by atoms with Crippen molar-refractivity contribution in [2.45, 2.75) is 6.42 Å². The van der Waals surface area contributed by atoms with Gasteiger partial charge in [0.1, 0.15) is 18.1 Å². The molecule has 0 atom stereocenters. The molecule has 0 bridgehead atoms. The van der Waals surface area contributed by atoms with Crippen LogP contribution < -0.4 is 9.64 Å². The van der Waals surface area contributed by atoms with Crippen LogP contribution in [0, 0.1) is 5.82 Å². The average Bonchev–Trinajstić information content (AvgIpc) is 3.30. The molecule has 42 heavy (non-hydrogen) atoms. The minimum absolute atomic E-state index is 0.0595.